The smallest absolute Gasteiger partial charge is 0.328 e. The summed E-state index contributed by atoms with van der Waals surface area (Å²) < 4.78 is 5.13. The van der Waals surface area contributed by atoms with Crippen LogP contribution in [0.2, 0.25) is 0 Å². The molecule has 1 aromatic heterocycles. The van der Waals surface area contributed by atoms with Crippen LogP contribution in [-0.2, 0) is 20.7 Å². The minimum atomic E-state index is -0.663. The lowest BCUT2D eigenvalue weighted by atomic mass is 10.0. The Bertz CT molecular complexity index is 691. The quantitative estimate of drug-likeness (QED) is 0.730. The monoisotopic (exact) mass is 330 g/mol. The minimum Gasteiger partial charge on any atom is -0.464 e. The van der Waals surface area contributed by atoms with Crippen LogP contribution in [0.5, 0.6) is 0 Å². The summed E-state index contributed by atoms with van der Waals surface area (Å²) >= 11 is 0. The second-order valence-corrected chi connectivity index (χ2v) is 6.37. The Labute approximate surface area is 142 Å². The highest BCUT2D eigenvalue weighted by Gasteiger charge is 2.23. The van der Waals surface area contributed by atoms with E-state index in [1.165, 1.54) is 0 Å². The third-order valence-electron chi connectivity index (χ3n) is 3.95. The van der Waals surface area contributed by atoms with Crippen LogP contribution in [0, 0.1) is 5.92 Å². The Balaban J connectivity index is 2.11. The molecule has 24 heavy (non-hydrogen) atoms. The van der Waals surface area contributed by atoms with Crippen molar-refractivity contribution in [2.75, 3.05) is 6.61 Å². The number of para-hydroxylation sites is 1. The molecule has 2 N–H and O–H groups in total. The number of fused-ring (bicyclic) bond motifs is 1. The van der Waals surface area contributed by atoms with Crippen LogP contribution in [0.25, 0.3) is 10.9 Å². The summed E-state index contributed by atoms with van der Waals surface area (Å²) in [7, 11) is 0. The lowest BCUT2D eigenvalue weighted by molar-refractivity contribution is -0.147. The number of aromatic nitrogens is 1. The zero-order chi connectivity index (χ0) is 17.5. The van der Waals surface area contributed by atoms with Crippen LogP contribution >= 0.6 is 0 Å². The molecule has 1 aromatic carbocycles. The molecule has 0 aliphatic rings. The minimum absolute atomic E-state index is 0.110. The number of aromatic amines is 1. The van der Waals surface area contributed by atoms with Gasteiger partial charge in [-0.1, -0.05) is 32.0 Å². The zero-order valence-corrected chi connectivity index (χ0v) is 14.6. The number of hydrogen-bond donors (Lipinski definition) is 2. The highest BCUT2D eigenvalue weighted by atomic mass is 16.5. The number of carbonyl (C=O) groups is 2. The van der Waals surface area contributed by atoms with E-state index in [0.29, 0.717) is 25.4 Å². The Hall–Kier alpha value is -2.30. The predicted octanol–water partition coefficient (Wildman–Crippen LogP) is 3.19. The van der Waals surface area contributed by atoms with Gasteiger partial charge in [-0.2, -0.15) is 0 Å². The van der Waals surface area contributed by atoms with Gasteiger partial charge in [-0.15, -0.1) is 0 Å². The molecule has 0 radical (unpaired) electrons. The molecule has 0 unspecified atom stereocenters. The van der Waals surface area contributed by atoms with Gasteiger partial charge in [-0.25, -0.2) is 4.79 Å². The first-order chi connectivity index (χ1) is 11.5. The highest BCUT2D eigenvalue weighted by molar-refractivity contribution is 5.87. The molecule has 1 amide bonds. The van der Waals surface area contributed by atoms with Crippen LogP contribution in [0.15, 0.2) is 30.5 Å². The summed E-state index contributed by atoms with van der Waals surface area (Å²) in [5.41, 5.74) is 2.01. The van der Waals surface area contributed by atoms with Gasteiger partial charge in [0.25, 0.3) is 0 Å². The molecule has 5 nitrogen and oxygen atoms in total. The molecule has 2 aromatic rings. The molecule has 1 atom stereocenters. The van der Waals surface area contributed by atoms with Crippen LogP contribution in [0.3, 0.4) is 0 Å². The van der Waals surface area contributed by atoms with E-state index in [2.05, 4.69) is 24.1 Å². The number of hydrogen-bond acceptors (Lipinski definition) is 3. The van der Waals surface area contributed by atoms with E-state index in [-0.39, 0.29) is 11.9 Å². The van der Waals surface area contributed by atoms with Gasteiger partial charge in [0.05, 0.1) is 6.61 Å². The van der Waals surface area contributed by atoms with Gasteiger partial charge >= 0.3 is 5.97 Å². The first-order valence-corrected chi connectivity index (χ1v) is 8.52. The van der Waals surface area contributed by atoms with Crippen molar-refractivity contribution < 1.29 is 14.3 Å². The van der Waals surface area contributed by atoms with Gasteiger partial charge in [0.2, 0.25) is 5.91 Å². The predicted molar refractivity (Wildman–Crippen MR) is 94.6 cm³/mol. The van der Waals surface area contributed by atoms with Crippen molar-refractivity contribution in [2.45, 2.75) is 46.1 Å². The van der Waals surface area contributed by atoms with Gasteiger partial charge in [-0.3, -0.25) is 4.79 Å². The highest BCUT2D eigenvalue weighted by Crippen LogP contribution is 2.19. The standard InChI is InChI=1S/C19H26N2O3/c1-4-24-19(23)17(21-18(22)10-9-13(2)3)11-14-12-20-16-8-6-5-7-15(14)16/h5-8,12-13,17,20H,4,9-11H2,1-3H3,(H,21,22)/t17-/m0/s1. The van der Waals surface area contributed by atoms with Crippen molar-refractivity contribution in [3.63, 3.8) is 0 Å². The van der Waals surface area contributed by atoms with Crippen molar-refractivity contribution in [2.24, 2.45) is 5.92 Å². The fraction of sp³-hybridized carbons (Fsp3) is 0.474. The van der Waals surface area contributed by atoms with E-state index in [9.17, 15) is 9.59 Å². The van der Waals surface area contributed by atoms with Crippen LogP contribution in [-0.4, -0.2) is 29.5 Å². The maximum absolute atomic E-state index is 12.2. The molecule has 2 rings (SSSR count). The Morgan fingerprint density at radius 1 is 1.25 bits per heavy atom. The summed E-state index contributed by atoms with van der Waals surface area (Å²) in [5.74, 6) is -0.0484. The normalized spacial score (nSPS) is 12.3. The number of benzene rings is 1. The van der Waals surface area contributed by atoms with Crippen LogP contribution in [0.1, 0.15) is 39.2 Å². The average molecular weight is 330 g/mol. The fourth-order valence-electron chi connectivity index (χ4n) is 2.64. The third kappa shape index (κ3) is 4.85. The summed E-state index contributed by atoms with van der Waals surface area (Å²) in [5, 5.41) is 3.89. The molecule has 1 heterocycles. The van der Waals surface area contributed by atoms with E-state index in [1.54, 1.807) is 6.92 Å². The first-order valence-electron chi connectivity index (χ1n) is 8.52. The zero-order valence-electron chi connectivity index (χ0n) is 14.6. The van der Waals surface area contributed by atoms with Crippen molar-refractivity contribution in [1.29, 1.82) is 0 Å². The Morgan fingerprint density at radius 2 is 2.00 bits per heavy atom. The maximum Gasteiger partial charge on any atom is 0.328 e. The maximum atomic E-state index is 12.2. The van der Waals surface area contributed by atoms with E-state index in [4.69, 9.17) is 4.74 Å². The molecule has 0 bridgehead atoms. The molecule has 0 saturated carbocycles. The van der Waals surface area contributed by atoms with E-state index in [1.807, 2.05) is 30.5 Å². The van der Waals surface area contributed by atoms with Gasteiger partial charge < -0.3 is 15.0 Å². The lowest BCUT2D eigenvalue weighted by Crippen LogP contribution is -2.43. The van der Waals surface area contributed by atoms with Crippen LogP contribution in [0.4, 0.5) is 0 Å². The summed E-state index contributed by atoms with van der Waals surface area (Å²) in [6, 6.07) is 7.24. The summed E-state index contributed by atoms with van der Waals surface area (Å²) in [4.78, 5) is 27.6. The van der Waals surface area contributed by atoms with Gasteiger partial charge in [0, 0.05) is 29.9 Å². The molecular weight excluding hydrogens is 304 g/mol. The fourth-order valence-corrected chi connectivity index (χ4v) is 2.64. The van der Waals surface area contributed by atoms with Crippen molar-refractivity contribution in [1.82, 2.24) is 10.3 Å². The Kier molecular flexibility index (Phi) is 6.41. The molecule has 0 saturated heterocycles. The number of nitrogens with one attached hydrogen (secondary N) is 2. The number of ether oxygens (including phenoxy) is 1. The second-order valence-electron chi connectivity index (χ2n) is 6.37. The lowest BCUT2D eigenvalue weighted by Gasteiger charge is -2.17. The molecule has 5 heteroatoms. The SMILES string of the molecule is CCOC(=O)[C@H](Cc1c[nH]c2ccccc12)NC(=O)CCC(C)C. The number of H-pyrrole nitrogens is 1. The number of carbonyl (C=O) groups excluding carboxylic acids is 2. The number of esters is 1. The van der Waals surface area contributed by atoms with Crippen molar-refractivity contribution in [3.05, 3.63) is 36.0 Å². The number of amides is 1. The first kappa shape index (κ1) is 18.0. The number of rotatable bonds is 8. The molecular formula is C19H26N2O3. The van der Waals surface area contributed by atoms with Gasteiger partial charge in [0.1, 0.15) is 6.04 Å². The molecule has 0 aliphatic carbocycles. The van der Waals surface area contributed by atoms with Gasteiger partial charge in [0.15, 0.2) is 0 Å². The Morgan fingerprint density at radius 3 is 2.71 bits per heavy atom. The molecule has 0 fully saturated rings. The summed E-state index contributed by atoms with van der Waals surface area (Å²) in [6.45, 7) is 6.20. The van der Waals surface area contributed by atoms with Crippen molar-refractivity contribution >= 4 is 22.8 Å². The van der Waals surface area contributed by atoms with Gasteiger partial charge in [-0.05, 0) is 30.9 Å². The largest absolute Gasteiger partial charge is 0.464 e. The second kappa shape index (κ2) is 8.52. The van der Waals surface area contributed by atoms with Crippen LogP contribution < -0.4 is 5.32 Å². The van der Waals surface area contributed by atoms with E-state index >= 15 is 0 Å². The van der Waals surface area contributed by atoms with E-state index < -0.39 is 6.04 Å². The molecule has 0 aliphatic heterocycles. The molecule has 0 spiro atoms. The van der Waals surface area contributed by atoms with Crippen molar-refractivity contribution in [3.8, 4) is 0 Å². The third-order valence-corrected chi connectivity index (χ3v) is 3.95. The molecule has 130 valence electrons. The topological polar surface area (TPSA) is 71.2 Å². The summed E-state index contributed by atoms with van der Waals surface area (Å²) in [6.07, 6.45) is 3.52. The average Bonchev–Trinajstić information content (AvgIpc) is 2.96. The van der Waals surface area contributed by atoms with E-state index in [0.717, 1.165) is 22.9 Å².